The number of carbonyl (C=O) groups excluding carboxylic acids is 1. The maximum absolute atomic E-state index is 13.0. The van der Waals surface area contributed by atoms with Gasteiger partial charge < -0.3 is 9.73 Å². The lowest BCUT2D eigenvalue weighted by Crippen LogP contribution is -2.32. The number of furan rings is 1. The smallest absolute Gasteiger partial charge is 0.258 e. The van der Waals surface area contributed by atoms with Crippen LogP contribution in [0.2, 0.25) is 0 Å². The Morgan fingerprint density at radius 1 is 1.12 bits per heavy atom. The summed E-state index contributed by atoms with van der Waals surface area (Å²) in [6, 6.07) is 6.51. The number of aryl methyl sites for hydroxylation is 1. The summed E-state index contributed by atoms with van der Waals surface area (Å²) >= 11 is 0. The van der Waals surface area contributed by atoms with Gasteiger partial charge in [-0.05, 0) is 43.5 Å². The zero-order valence-electron chi connectivity index (χ0n) is 14.2. The predicted octanol–water partition coefficient (Wildman–Crippen LogP) is 3.41. The monoisotopic (exact) mass is 362 g/mol. The quantitative estimate of drug-likeness (QED) is 0.904. The second kappa shape index (κ2) is 7.41. The Morgan fingerprint density at radius 3 is 2.48 bits per heavy atom. The molecule has 1 saturated heterocycles. The molecule has 0 unspecified atom stereocenters. The van der Waals surface area contributed by atoms with E-state index in [1.165, 1.54) is 18.6 Å². The number of sulfonamides is 1. The number of anilines is 1. The van der Waals surface area contributed by atoms with Crippen molar-refractivity contribution >= 4 is 21.6 Å². The second-order valence-corrected chi connectivity index (χ2v) is 8.17. The molecule has 1 fully saturated rings. The van der Waals surface area contributed by atoms with E-state index < -0.39 is 10.0 Å². The molecule has 25 heavy (non-hydrogen) atoms. The number of hydrogen-bond acceptors (Lipinski definition) is 4. The third kappa shape index (κ3) is 3.93. The fourth-order valence-corrected chi connectivity index (χ4v) is 4.74. The maximum atomic E-state index is 13.0. The highest BCUT2D eigenvalue weighted by Gasteiger charge is 2.27. The molecule has 3 rings (SSSR count). The van der Waals surface area contributed by atoms with E-state index in [2.05, 4.69) is 5.32 Å². The number of carbonyl (C=O) groups is 1. The molecule has 0 bridgehead atoms. The van der Waals surface area contributed by atoms with Crippen LogP contribution in [-0.4, -0.2) is 31.7 Å². The van der Waals surface area contributed by atoms with Crippen molar-refractivity contribution < 1.29 is 17.6 Å². The van der Waals surface area contributed by atoms with Crippen LogP contribution in [0.1, 0.15) is 41.6 Å². The Hall–Kier alpha value is -2.12. The van der Waals surface area contributed by atoms with Gasteiger partial charge in [0, 0.05) is 18.8 Å². The molecule has 6 nitrogen and oxygen atoms in total. The average Bonchev–Trinajstić information content (AvgIpc) is 2.98. The van der Waals surface area contributed by atoms with Gasteiger partial charge in [0.1, 0.15) is 6.26 Å². The lowest BCUT2D eigenvalue weighted by Gasteiger charge is -2.21. The summed E-state index contributed by atoms with van der Waals surface area (Å²) in [7, 11) is -3.56. The number of nitrogens with one attached hydrogen (secondary N) is 1. The Balaban J connectivity index is 1.87. The van der Waals surface area contributed by atoms with Crippen LogP contribution in [-0.2, 0) is 10.0 Å². The van der Waals surface area contributed by atoms with Crippen molar-refractivity contribution in [2.24, 2.45) is 0 Å². The molecule has 0 radical (unpaired) electrons. The van der Waals surface area contributed by atoms with E-state index in [4.69, 9.17) is 4.42 Å². The zero-order valence-corrected chi connectivity index (χ0v) is 15.0. The highest BCUT2D eigenvalue weighted by atomic mass is 32.2. The van der Waals surface area contributed by atoms with Gasteiger partial charge >= 0.3 is 0 Å². The predicted molar refractivity (Wildman–Crippen MR) is 95.1 cm³/mol. The van der Waals surface area contributed by atoms with Crippen LogP contribution in [0.4, 0.5) is 5.69 Å². The molecule has 1 aromatic carbocycles. The van der Waals surface area contributed by atoms with E-state index in [-0.39, 0.29) is 10.8 Å². The van der Waals surface area contributed by atoms with Gasteiger partial charge in [0.15, 0.2) is 0 Å². The Kier molecular flexibility index (Phi) is 5.24. The van der Waals surface area contributed by atoms with E-state index in [0.717, 1.165) is 25.7 Å². The number of rotatable bonds is 4. The minimum Gasteiger partial charge on any atom is -0.472 e. The zero-order chi connectivity index (χ0) is 17.9. The third-order valence-electron chi connectivity index (χ3n) is 4.41. The van der Waals surface area contributed by atoms with Crippen molar-refractivity contribution in [3.8, 4) is 0 Å². The van der Waals surface area contributed by atoms with Gasteiger partial charge in [-0.3, -0.25) is 4.79 Å². The van der Waals surface area contributed by atoms with Gasteiger partial charge in [-0.1, -0.05) is 18.9 Å². The molecule has 134 valence electrons. The average molecular weight is 362 g/mol. The Bertz CT molecular complexity index is 836. The molecule has 0 saturated carbocycles. The van der Waals surface area contributed by atoms with Crippen LogP contribution in [0.15, 0.2) is 46.1 Å². The number of hydrogen-bond donors (Lipinski definition) is 1. The summed E-state index contributed by atoms with van der Waals surface area (Å²) < 4.78 is 32.5. The summed E-state index contributed by atoms with van der Waals surface area (Å²) in [5.41, 5.74) is 1.51. The molecule has 0 atom stereocenters. The molecule has 0 spiro atoms. The van der Waals surface area contributed by atoms with Gasteiger partial charge in [-0.15, -0.1) is 0 Å². The van der Waals surface area contributed by atoms with Gasteiger partial charge in [0.2, 0.25) is 10.0 Å². The molecular formula is C18H22N2O4S. The van der Waals surface area contributed by atoms with Crippen LogP contribution in [0.25, 0.3) is 0 Å². The van der Waals surface area contributed by atoms with Crippen molar-refractivity contribution in [1.82, 2.24) is 4.31 Å². The summed E-state index contributed by atoms with van der Waals surface area (Å²) in [4.78, 5) is 12.4. The van der Waals surface area contributed by atoms with Crippen LogP contribution < -0.4 is 5.32 Å². The molecule has 1 amide bonds. The van der Waals surface area contributed by atoms with Crippen LogP contribution >= 0.6 is 0 Å². The number of nitrogens with zero attached hydrogens (tertiary/aromatic N) is 1. The van der Waals surface area contributed by atoms with Gasteiger partial charge in [-0.2, -0.15) is 4.31 Å². The molecule has 2 heterocycles. The van der Waals surface area contributed by atoms with E-state index in [1.807, 2.05) is 0 Å². The summed E-state index contributed by atoms with van der Waals surface area (Å²) in [5, 5.41) is 2.72. The largest absolute Gasteiger partial charge is 0.472 e. The van der Waals surface area contributed by atoms with Gasteiger partial charge in [0.25, 0.3) is 5.91 Å². The summed E-state index contributed by atoms with van der Waals surface area (Å²) in [5.74, 6) is -0.337. The third-order valence-corrected chi connectivity index (χ3v) is 6.45. The first-order valence-corrected chi connectivity index (χ1v) is 9.87. The van der Waals surface area contributed by atoms with Gasteiger partial charge in [0.05, 0.1) is 16.7 Å². The first-order valence-electron chi connectivity index (χ1n) is 8.43. The molecule has 1 aliphatic rings. The first kappa shape index (κ1) is 17.7. The van der Waals surface area contributed by atoms with E-state index in [0.29, 0.717) is 29.9 Å². The van der Waals surface area contributed by atoms with Gasteiger partial charge in [-0.25, -0.2) is 8.42 Å². The van der Waals surface area contributed by atoms with Crippen molar-refractivity contribution in [3.05, 3.63) is 47.9 Å². The van der Waals surface area contributed by atoms with E-state index in [9.17, 15) is 13.2 Å². The highest BCUT2D eigenvalue weighted by molar-refractivity contribution is 7.89. The minimum atomic E-state index is -3.56. The minimum absolute atomic E-state index is 0.249. The Morgan fingerprint density at radius 2 is 1.84 bits per heavy atom. The normalized spacial score (nSPS) is 16.4. The summed E-state index contributed by atoms with van der Waals surface area (Å²) in [6.07, 6.45) is 6.65. The van der Waals surface area contributed by atoms with Crippen LogP contribution in [0, 0.1) is 6.92 Å². The molecule has 2 aromatic rings. The van der Waals surface area contributed by atoms with Crippen LogP contribution in [0.3, 0.4) is 0 Å². The first-order chi connectivity index (χ1) is 12.0. The lowest BCUT2D eigenvalue weighted by molar-refractivity contribution is 0.102. The number of amides is 1. The SMILES string of the molecule is Cc1ccc(NC(=O)c2ccoc2)cc1S(=O)(=O)N1CCCCCC1. The standard InChI is InChI=1S/C18H22N2O4S/c1-14-6-7-16(19-18(21)15-8-11-24-13-15)12-17(14)25(22,23)20-9-4-2-3-5-10-20/h6-8,11-13H,2-5,9-10H2,1H3,(H,19,21). The Labute approximate surface area is 147 Å². The lowest BCUT2D eigenvalue weighted by atomic mass is 10.2. The van der Waals surface area contributed by atoms with Crippen molar-refractivity contribution in [3.63, 3.8) is 0 Å². The highest BCUT2D eigenvalue weighted by Crippen LogP contribution is 2.26. The fourth-order valence-electron chi connectivity index (χ4n) is 2.97. The molecule has 1 N–H and O–H groups in total. The molecular weight excluding hydrogens is 340 g/mol. The molecule has 1 aromatic heterocycles. The molecule has 1 aliphatic heterocycles. The maximum Gasteiger partial charge on any atom is 0.258 e. The van der Waals surface area contributed by atoms with E-state index >= 15 is 0 Å². The number of benzene rings is 1. The van der Waals surface area contributed by atoms with Crippen molar-refractivity contribution in [1.29, 1.82) is 0 Å². The van der Waals surface area contributed by atoms with Crippen molar-refractivity contribution in [2.75, 3.05) is 18.4 Å². The fraction of sp³-hybridized carbons (Fsp3) is 0.389. The molecule has 0 aliphatic carbocycles. The van der Waals surface area contributed by atoms with Crippen LogP contribution in [0.5, 0.6) is 0 Å². The topological polar surface area (TPSA) is 79.6 Å². The van der Waals surface area contributed by atoms with Crippen molar-refractivity contribution in [2.45, 2.75) is 37.5 Å². The second-order valence-electron chi connectivity index (χ2n) is 6.26. The summed E-state index contributed by atoms with van der Waals surface area (Å²) in [6.45, 7) is 2.87. The molecule has 7 heteroatoms. The van der Waals surface area contributed by atoms with E-state index in [1.54, 1.807) is 29.4 Å².